The van der Waals surface area contributed by atoms with Crippen molar-refractivity contribution in [3.63, 3.8) is 0 Å². The first kappa shape index (κ1) is 24.5. The maximum atomic E-state index is 13.0. The fourth-order valence-corrected chi connectivity index (χ4v) is 4.28. The summed E-state index contributed by atoms with van der Waals surface area (Å²) < 4.78 is 17.0. The molecular formula is C27H30N4O4. The van der Waals surface area contributed by atoms with Gasteiger partial charge in [0.05, 0.1) is 37.1 Å². The van der Waals surface area contributed by atoms with Gasteiger partial charge in [-0.1, -0.05) is 29.4 Å². The first-order valence-corrected chi connectivity index (χ1v) is 11.7. The van der Waals surface area contributed by atoms with E-state index in [0.29, 0.717) is 48.8 Å². The van der Waals surface area contributed by atoms with Crippen LogP contribution in [0.1, 0.15) is 44.6 Å². The van der Waals surface area contributed by atoms with Gasteiger partial charge in [-0.2, -0.15) is 5.26 Å². The minimum atomic E-state index is -0.175. The standard InChI is InChI=1S/C27H30N4O4/c1-19-26(20(2)35-29-19)27(32)31-13-11-30(12-14-31)17-25(23-5-4-6-24(15-23)33-3)34-18-22-9-7-21(16-28)8-10-22/h4-10,15,25H,11-14,17-18H2,1-3H3. The van der Waals surface area contributed by atoms with E-state index in [0.717, 1.165) is 30.0 Å². The highest BCUT2D eigenvalue weighted by Gasteiger charge is 2.28. The molecule has 0 radical (unpaired) electrons. The number of hydrogen-bond acceptors (Lipinski definition) is 7. The van der Waals surface area contributed by atoms with Gasteiger partial charge < -0.3 is 18.9 Å². The van der Waals surface area contributed by atoms with E-state index in [1.54, 1.807) is 33.1 Å². The highest BCUT2D eigenvalue weighted by Crippen LogP contribution is 2.25. The average molecular weight is 475 g/mol. The zero-order valence-electron chi connectivity index (χ0n) is 20.4. The maximum Gasteiger partial charge on any atom is 0.259 e. The van der Waals surface area contributed by atoms with Crippen molar-refractivity contribution >= 4 is 5.91 Å². The topological polar surface area (TPSA) is 91.8 Å². The number of methoxy groups -OCH3 is 1. The monoisotopic (exact) mass is 474 g/mol. The second-order valence-corrected chi connectivity index (χ2v) is 8.68. The molecule has 1 saturated heterocycles. The van der Waals surface area contributed by atoms with Crippen molar-refractivity contribution in [1.29, 1.82) is 5.26 Å². The van der Waals surface area contributed by atoms with E-state index in [1.165, 1.54) is 0 Å². The second-order valence-electron chi connectivity index (χ2n) is 8.68. The Balaban J connectivity index is 1.42. The molecule has 0 aliphatic carbocycles. The quantitative estimate of drug-likeness (QED) is 0.489. The summed E-state index contributed by atoms with van der Waals surface area (Å²) in [6.07, 6.45) is -0.175. The van der Waals surface area contributed by atoms with Gasteiger partial charge in [0.25, 0.3) is 5.91 Å². The molecule has 8 heteroatoms. The van der Waals surface area contributed by atoms with Crippen molar-refractivity contribution in [1.82, 2.24) is 15.0 Å². The van der Waals surface area contributed by atoms with Crippen molar-refractivity contribution in [2.45, 2.75) is 26.6 Å². The Hall–Kier alpha value is -3.67. The molecule has 1 aliphatic rings. The summed E-state index contributed by atoms with van der Waals surface area (Å²) in [6.45, 7) is 7.44. The van der Waals surface area contributed by atoms with Crippen molar-refractivity contribution in [3.05, 3.63) is 82.2 Å². The highest BCUT2D eigenvalue weighted by atomic mass is 16.5. The largest absolute Gasteiger partial charge is 0.497 e. The molecule has 8 nitrogen and oxygen atoms in total. The first-order chi connectivity index (χ1) is 17.0. The molecule has 1 unspecified atom stereocenters. The number of nitrogens with zero attached hydrogens (tertiary/aromatic N) is 4. The third-order valence-electron chi connectivity index (χ3n) is 6.33. The summed E-state index contributed by atoms with van der Waals surface area (Å²) in [6, 6.07) is 17.5. The van der Waals surface area contributed by atoms with E-state index >= 15 is 0 Å². The number of rotatable bonds is 8. The molecule has 0 bridgehead atoms. The fraction of sp³-hybridized carbons (Fsp3) is 0.370. The lowest BCUT2D eigenvalue weighted by atomic mass is 10.1. The van der Waals surface area contributed by atoms with Gasteiger partial charge in [-0.05, 0) is 49.2 Å². The van der Waals surface area contributed by atoms with Crippen LogP contribution in [0, 0.1) is 25.2 Å². The first-order valence-electron chi connectivity index (χ1n) is 11.7. The lowest BCUT2D eigenvalue weighted by Gasteiger charge is -2.36. The summed E-state index contributed by atoms with van der Waals surface area (Å²) in [4.78, 5) is 17.2. The van der Waals surface area contributed by atoms with Crippen LogP contribution in [0.2, 0.25) is 0 Å². The van der Waals surface area contributed by atoms with Crippen molar-refractivity contribution in [2.75, 3.05) is 39.8 Å². The van der Waals surface area contributed by atoms with Crippen LogP contribution in [0.5, 0.6) is 5.75 Å². The van der Waals surface area contributed by atoms with Crippen LogP contribution in [-0.2, 0) is 11.3 Å². The SMILES string of the molecule is COc1cccc(C(CN2CCN(C(=O)c3c(C)noc3C)CC2)OCc2ccc(C#N)cc2)c1. The molecule has 2 aromatic carbocycles. The number of piperazine rings is 1. The summed E-state index contributed by atoms with van der Waals surface area (Å²) in [5.41, 5.74) is 3.86. The molecule has 0 spiro atoms. The number of carbonyl (C=O) groups is 1. The summed E-state index contributed by atoms with van der Waals surface area (Å²) in [5.74, 6) is 1.32. The Kier molecular flexibility index (Phi) is 7.80. The summed E-state index contributed by atoms with van der Waals surface area (Å²) in [7, 11) is 1.65. The van der Waals surface area contributed by atoms with E-state index in [1.807, 2.05) is 41.3 Å². The number of nitriles is 1. The molecular weight excluding hydrogens is 444 g/mol. The zero-order chi connectivity index (χ0) is 24.8. The number of carbonyl (C=O) groups excluding carboxylic acids is 1. The zero-order valence-corrected chi connectivity index (χ0v) is 20.4. The van der Waals surface area contributed by atoms with Crippen molar-refractivity contribution in [3.8, 4) is 11.8 Å². The Labute approximate surface area is 205 Å². The average Bonchev–Trinajstić information content (AvgIpc) is 3.24. The Morgan fingerprint density at radius 3 is 2.51 bits per heavy atom. The van der Waals surface area contributed by atoms with Gasteiger partial charge in [0.15, 0.2) is 0 Å². The Morgan fingerprint density at radius 2 is 1.89 bits per heavy atom. The number of hydrogen-bond donors (Lipinski definition) is 0. The minimum absolute atomic E-state index is 0.0256. The minimum Gasteiger partial charge on any atom is -0.497 e. The molecule has 35 heavy (non-hydrogen) atoms. The van der Waals surface area contributed by atoms with Gasteiger partial charge in [0, 0.05) is 32.7 Å². The number of amides is 1. The van der Waals surface area contributed by atoms with Gasteiger partial charge in [-0.15, -0.1) is 0 Å². The van der Waals surface area contributed by atoms with Crippen molar-refractivity contribution in [2.24, 2.45) is 0 Å². The molecule has 1 atom stereocenters. The predicted molar refractivity (Wildman–Crippen MR) is 130 cm³/mol. The van der Waals surface area contributed by atoms with Crippen LogP contribution < -0.4 is 4.74 Å². The van der Waals surface area contributed by atoms with Crippen molar-refractivity contribution < 1.29 is 18.8 Å². The number of aryl methyl sites for hydroxylation is 2. The van der Waals surface area contributed by atoms with Crippen LogP contribution >= 0.6 is 0 Å². The normalized spacial score (nSPS) is 15.0. The van der Waals surface area contributed by atoms with Gasteiger partial charge in [0.1, 0.15) is 17.1 Å². The highest BCUT2D eigenvalue weighted by molar-refractivity contribution is 5.96. The lowest BCUT2D eigenvalue weighted by Crippen LogP contribution is -2.49. The molecule has 1 aromatic heterocycles. The van der Waals surface area contributed by atoms with Gasteiger partial charge in [0.2, 0.25) is 0 Å². The van der Waals surface area contributed by atoms with E-state index in [4.69, 9.17) is 19.3 Å². The molecule has 4 rings (SSSR count). The maximum absolute atomic E-state index is 13.0. The third kappa shape index (κ3) is 5.88. The second kappa shape index (κ2) is 11.2. The van der Waals surface area contributed by atoms with E-state index in [-0.39, 0.29) is 12.0 Å². The van der Waals surface area contributed by atoms with Gasteiger partial charge >= 0.3 is 0 Å². The third-order valence-corrected chi connectivity index (χ3v) is 6.33. The van der Waals surface area contributed by atoms with Crippen LogP contribution in [-0.4, -0.2) is 60.7 Å². The Morgan fingerprint density at radius 1 is 1.14 bits per heavy atom. The predicted octanol–water partition coefficient (Wildman–Crippen LogP) is 3.89. The molecule has 182 valence electrons. The van der Waals surface area contributed by atoms with Crippen LogP contribution in [0.25, 0.3) is 0 Å². The number of benzene rings is 2. The molecule has 3 aromatic rings. The summed E-state index contributed by atoms with van der Waals surface area (Å²) >= 11 is 0. The molecule has 1 fully saturated rings. The van der Waals surface area contributed by atoms with Crippen LogP contribution in [0.15, 0.2) is 53.1 Å². The number of aromatic nitrogens is 1. The molecule has 0 saturated carbocycles. The molecule has 1 aliphatic heterocycles. The lowest BCUT2D eigenvalue weighted by molar-refractivity contribution is 0.00331. The van der Waals surface area contributed by atoms with Gasteiger partial charge in [-0.3, -0.25) is 9.69 Å². The number of ether oxygens (including phenoxy) is 2. The van der Waals surface area contributed by atoms with E-state index < -0.39 is 0 Å². The smallest absolute Gasteiger partial charge is 0.259 e. The van der Waals surface area contributed by atoms with E-state index in [2.05, 4.69) is 16.1 Å². The van der Waals surface area contributed by atoms with E-state index in [9.17, 15) is 4.79 Å². The molecule has 2 heterocycles. The Bertz CT molecular complexity index is 1170. The van der Waals surface area contributed by atoms with Crippen LogP contribution in [0.3, 0.4) is 0 Å². The molecule has 0 N–H and O–H groups in total. The summed E-state index contributed by atoms with van der Waals surface area (Å²) in [5, 5.41) is 12.9. The van der Waals surface area contributed by atoms with Gasteiger partial charge in [-0.25, -0.2) is 0 Å². The van der Waals surface area contributed by atoms with Crippen LogP contribution in [0.4, 0.5) is 0 Å². The molecule has 1 amide bonds. The fourth-order valence-electron chi connectivity index (χ4n) is 4.28.